The van der Waals surface area contributed by atoms with E-state index in [0.717, 1.165) is 6.61 Å². The molecule has 2 nitrogen and oxygen atoms in total. The van der Waals surface area contributed by atoms with Gasteiger partial charge in [0.05, 0.1) is 19.0 Å². The molecule has 0 aliphatic heterocycles. The SMILES string of the molecule is CC(C)=COC(C)(C)C(C)COC(C)C. The third-order valence-electron chi connectivity index (χ3n) is 2.46. The molecule has 1 atom stereocenters. The summed E-state index contributed by atoms with van der Waals surface area (Å²) in [6.45, 7) is 15.3. The second-order valence-corrected chi connectivity index (χ2v) is 5.20. The van der Waals surface area contributed by atoms with E-state index in [0.29, 0.717) is 5.92 Å². The average Bonchev–Trinajstić information content (AvgIpc) is 2.11. The van der Waals surface area contributed by atoms with E-state index in [1.165, 1.54) is 5.57 Å². The Morgan fingerprint density at radius 3 is 2.13 bits per heavy atom. The van der Waals surface area contributed by atoms with E-state index in [1.54, 1.807) is 0 Å². The average molecular weight is 214 g/mol. The first-order valence-corrected chi connectivity index (χ1v) is 5.68. The van der Waals surface area contributed by atoms with Gasteiger partial charge in [-0.1, -0.05) is 6.92 Å². The molecular weight excluding hydrogens is 188 g/mol. The predicted octanol–water partition coefficient (Wildman–Crippen LogP) is 3.77. The summed E-state index contributed by atoms with van der Waals surface area (Å²) in [5.74, 6) is 0.371. The number of rotatable bonds is 6. The van der Waals surface area contributed by atoms with Crippen molar-refractivity contribution in [2.24, 2.45) is 5.92 Å². The van der Waals surface area contributed by atoms with E-state index in [-0.39, 0.29) is 11.7 Å². The third kappa shape index (κ3) is 6.56. The van der Waals surface area contributed by atoms with Crippen LogP contribution in [0.5, 0.6) is 0 Å². The molecule has 15 heavy (non-hydrogen) atoms. The first-order chi connectivity index (χ1) is 6.75. The van der Waals surface area contributed by atoms with Gasteiger partial charge in [0.1, 0.15) is 5.60 Å². The lowest BCUT2D eigenvalue weighted by Crippen LogP contribution is -2.34. The summed E-state index contributed by atoms with van der Waals surface area (Å²) in [6.07, 6.45) is 2.11. The van der Waals surface area contributed by atoms with Crippen LogP contribution in [0.15, 0.2) is 11.8 Å². The van der Waals surface area contributed by atoms with E-state index in [4.69, 9.17) is 9.47 Å². The first-order valence-electron chi connectivity index (χ1n) is 5.68. The Kier molecular flexibility index (Phi) is 5.96. The van der Waals surface area contributed by atoms with Gasteiger partial charge in [-0.3, -0.25) is 0 Å². The zero-order valence-electron chi connectivity index (χ0n) is 11.3. The Labute approximate surface area is 94.7 Å². The van der Waals surface area contributed by atoms with Crippen molar-refractivity contribution in [2.45, 2.75) is 60.2 Å². The normalized spacial score (nSPS) is 13.9. The van der Waals surface area contributed by atoms with Crippen LogP contribution in [0.3, 0.4) is 0 Å². The molecule has 0 aromatic rings. The molecule has 0 saturated carbocycles. The van der Waals surface area contributed by atoms with Crippen molar-refractivity contribution in [2.75, 3.05) is 6.61 Å². The number of hydrogen-bond donors (Lipinski definition) is 0. The summed E-state index contributed by atoms with van der Waals surface area (Å²) < 4.78 is 11.3. The Morgan fingerprint density at radius 2 is 1.73 bits per heavy atom. The van der Waals surface area contributed by atoms with E-state index in [1.807, 2.05) is 20.1 Å². The van der Waals surface area contributed by atoms with Gasteiger partial charge in [0, 0.05) is 5.92 Å². The van der Waals surface area contributed by atoms with Gasteiger partial charge < -0.3 is 9.47 Å². The smallest absolute Gasteiger partial charge is 0.107 e. The summed E-state index contributed by atoms with van der Waals surface area (Å²) in [4.78, 5) is 0. The summed E-state index contributed by atoms with van der Waals surface area (Å²) >= 11 is 0. The van der Waals surface area contributed by atoms with Gasteiger partial charge in [0.15, 0.2) is 0 Å². The topological polar surface area (TPSA) is 18.5 Å². The fourth-order valence-electron chi connectivity index (χ4n) is 0.923. The van der Waals surface area contributed by atoms with E-state index < -0.39 is 0 Å². The lowest BCUT2D eigenvalue weighted by Gasteiger charge is -2.31. The van der Waals surface area contributed by atoms with Gasteiger partial charge in [-0.15, -0.1) is 0 Å². The molecule has 0 aromatic carbocycles. The van der Waals surface area contributed by atoms with Gasteiger partial charge in [0.25, 0.3) is 0 Å². The third-order valence-corrected chi connectivity index (χ3v) is 2.46. The summed E-state index contributed by atoms with van der Waals surface area (Å²) in [5.41, 5.74) is 1.01. The molecule has 90 valence electrons. The van der Waals surface area contributed by atoms with E-state index in [2.05, 4.69) is 34.6 Å². The van der Waals surface area contributed by atoms with Gasteiger partial charge in [-0.25, -0.2) is 0 Å². The second kappa shape index (κ2) is 6.16. The van der Waals surface area contributed by atoms with Crippen molar-refractivity contribution in [1.82, 2.24) is 0 Å². The van der Waals surface area contributed by atoms with Crippen molar-refractivity contribution in [3.05, 3.63) is 11.8 Å². The predicted molar refractivity (Wildman–Crippen MR) is 64.8 cm³/mol. The van der Waals surface area contributed by atoms with Crippen LogP contribution in [0.25, 0.3) is 0 Å². The van der Waals surface area contributed by atoms with Gasteiger partial charge in [0.2, 0.25) is 0 Å². The molecule has 0 amide bonds. The minimum absolute atomic E-state index is 0.174. The Morgan fingerprint density at radius 1 is 1.20 bits per heavy atom. The molecule has 0 bridgehead atoms. The number of hydrogen-bond acceptors (Lipinski definition) is 2. The molecule has 0 saturated heterocycles. The Balaban J connectivity index is 4.13. The van der Waals surface area contributed by atoms with Crippen LogP contribution in [-0.2, 0) is 9.47 Å². The molecule has 0 rings (SSSR count). The first kappa shape index (κ1) is 14.5. The van der Waals surface area contributed by atoms with Crippen molar-refractivity contribution < 1.29 is 9.47 Å². The maximum atomic E-state index is 5.74. The van der Waals surface area contributed by atoms with Crippen molar-refractivity contribution in [1.29, 1.82) is 0 Å². The van der Waals surface area contributed by atoms with Crippen molar-refractivity contribution in [3.63, 3.8) is 0 Å². The summed E-state index contributed by atoms with van der Waals surface area (Å²) in [5, 5.41) is 0. The lowest BCUT2D eigenvalue weighted by atomic mass is 9.93. The summed E-state index contributed by atoms with van der Waals surface area (Å²) in [7, 11) is 0. The van der Waals surface area contributed by atoms with Gasteiger partial charge >= 0.3 is 0 Å². The molecule has 0 N–H and O–H groups in total. The molecule has 0 aliphatic carbocycles. The molecule has 0 heterocycles. The van der Waals surface area contributed by atoms with Crippen LogP contribution >= 0.6 is 0 Å². The maximum absolute atomic E-state index is 5.74. The van der Waals surface area contributed by atoms with Gasteiger partial charge in [-0.05, 0) is 47.1 Å². The van der Waals surface area contributed by atoms with Crippen molar-refractivity contribution >= 4 is 0 Å². The molecule has 0 aromatic heterocycles. The van der Waals surface area contributed by atoms with Crippen LogP contribution < -0.4 is 0 Å². The second-order valence-electron chi connectivity index (χ2n) is 5.20. The van der Waals surface area contributed by atoms with E-state index in [9.17, 15) is 0 Å². The van der Waals surface area contributed by atoms with Crippen LogP contribution in [-0.4, -0.2) is 18.3 Å². The minimum atomic E-state index is -0.174. The number of allylic oxidation sites excluding steroid dienone is 1. The van der Waals surface area contributed by atoms with Crippen LogP contribution in [0, 0.1) is 5.92 Å². The summed E-state index contributed by atoms with van der Waals surface area (Å²) in [6, 6.07) is 0. The fraction of sp³-hybridized carbons (Fsp3) is 0.846. The zero-order chi connectivity index (χ0) is 12.1. The highest BCUT2D eigenvalue weighted by atomic mass is 16.5. The minimum Gasteiger partial charge on any atom is -0.495 e. The molecule has 1 unspecified atom stereocenters. The highest BCUT2D eigenvalue weighted by molar-refractivity contribution is 4.89. The molecular formula is C13H26O2. The highest BCUT2D eigenvalue weighted by Crippen LogP contribution is 2.22. The Bertz CT molecular complexity index is 201. The van der Waals surface area contributed by atoms with E-state index >= 15 is 0 Å². The zero-order valence-corrected chi connectivity index (χ0v) is 11.3. The molecule has 0 aliphatic rings. The lowest BCUT2D eigenvalue weighted by molar-refractivity contribution is -0.0445. The van der Waals surface area contributed by atoms with Crippen molar-refractivity contribution in [3.8, 4) is 0 Å². The molecule has 0 fully saturated rings. The van der Waals surface area contributed by atoms with Crippen LogP contribution in [0.1, 0.15) is 48.5 Å². The van der Waals surface area contributed by atoms with Gasteiger partial charge in [-0.2, -0.15) is 0 Å². The highest BCUT2D eigenvalue weighted by Gasteiger charge is 2.27. The van der Waals surface area contributed by atoms with Crippen LogP contribution in [0.4, 0.5) is 0 Å². The largest absolute Gasteiger partial charge is 0.495 e. The fourth-order valence-corrected chi connectivity index (χ4v) is 0.923. The Hall–Kier alpha value is -0.500. The molecule has 2 heteroatoms. The maximum Gasteiger partial charge on any atom is 0.107 e. The quantitative estimate of drug-likeness (QED) is 0.627. The molecule has 0 radical (unpaired) electrons. The monoisotopic (exact) mass is 214 g/mol. The number of ether oxygens (including phenoxy) is 2. The van der Waals surface area contributed by atoms with Crippen LogP contribution in [0.2, 0.25) is 0 Å². The standard InChI is InChI=1S/C13H26O2/c1-10(2)8-15-13(6,7)12(5)9-14-11(3)4/h8,11-12H,9H2,1-7H3. The molecule has 0 spiro atoms.